The number of benzene rings is 1. The molecule has 3 aliphatic heterocycles. The minimum atomic E-state index is -0.557. The number of imide groups is 1. The van der Waals surface area contributed by atoms with Gasteiger partial charge in [0.2, 0.25) is 11.8 Å². The summed E-state index contributed by atoms with van der Waals surface area (Å²) in [5.74, 6) is 0.0106. The molecule has 3 N–H and O–H groups in total. The molecule has 4 aliphatic rings. The van der Waals surface area contributed by atoms with E-state index >= 15 is 0 Å². The van der Waals surface area contributed by atoms with Gasteiger partial charge in [-0.25, -0.2) is 0 Å². The zero-order valence-corrected chi connectivity index (χ0v) is 18.0. The molecule has 1 spiro atoms. The summed E-state index contributed by atoms with van der Waals surface area (Å²) in [5.41, 5.74) is 3.41. The molecule has 3 amide bonds. The van der Waals surface area contributed by atoms with Gasteiger partial charge in [0.05, 0.1) is 0 Å². The summed E-state index contributed by atoms with van der Waals surface area (Å²) in [5, 5.41) is 9.54. The molecule has 31 heavy (non-hydrogen) atoms. The summed E-state index contributed by atoms with van der Waals surface area (Å²) in [6.45, 7) is 4.57. The first-order chi connectivity index (χ1) is 15.0. The van der Waals surface area contributed by atoms with Gasteiger partial charge in [-0.2, -0.15) is 0 Å². The van der Waals surface area contributed by atoms with Crippen LogP contribution in [0.25, 0.3) is 0 Å². The highest BCUT2D eigenvalue weighted by atomic mass is 16.2. The van der Waals surface area contributed by atoms with E-state index in [1.807, 2.05) is 12.1 Å². The van der Waals surface area contributed by atoms with Crippen LogP contribution >= 0.6 is 0 Å². The van der Waals surface area contributed by atoms with Gasteiger partial charge in [-0.3, -0.25) is 19.7 Å². The lowest BCUT2D eigenvalue weighted by Gasteiger charge is -2.36. The van der Waals surface area contributed by atoms with Crippen molar-refractivity contribution in [3.8, 4) is 0 Å². The number of hydrogen-bond acceptors (Lipinski definition) is 5. The Morgan fingerprint density at radius 3 is 2.68 bits per heavy atom. The van der Waals surface area contributed by atoms with Crippen molar-refractivity contribution in [3.63, 3.8) is 0 Å². The predicted octanol–water partition coefficient (Wildman–Crippen LogP) is 1.71. The number of fused-ring (bicyclic) bond motifs is 1. The lowest BCUT2D eigenvalue weighted by Crippen LogP contribution is -2.52. The summed E-state index contributed by atoms with van der Waals surface area (Å²) in [4.78, 5) is 38.3. The van der Waals surface area contributed by atoms with E-state index in [1.165, 1.54) is 45.2 Å². The largest absolute Gasteiger partial charge is 0.322 e. The first-order valence-corrected chi connectivity index (χ1v) is 11.7. The molecule has 3 fully saturated rings. The number of hydrogen-bond donors (Lipinski definition) is 3. The van der Waals surface area contributed by atoms with E-state index in [1.54, 1.807) is 4.90 Å². The first kappa shape index (κ1) is 20.6. The van der Waals surface area contributed by atoms with Gasteiger partial charge in [-0.05, 0) is 80.1 Å². The second kappa shape index (κ2) is 8.36. The molecular formula is C24H32N4O3. The van der Waals surface area contributed by atoms with Crippen LogP contribution in [-0.2, 0) is 22.7 Å². The molecule has 7 heteroatoms. The van der Waals surface area contributed by atoms with Crippen molar-refractivity contribution in [2.45, 2.75) is 64.1 Å². The molecule has 2 saturated heterocycles. The third-order valence-electron chi connectivity index (χ3n) is 7.93. The van der Waals surface area contributed by atoms with Gasteiger partial charge >= 0.3 is 0 Å². The summed E-state index contributed by atoms with van der Waals surface area (Å²) in [7, 11) is 0. The van der Waals surface area contributed by atoms with Crippen LogP contribution in [0.4, 0.5) is 0 Å². The average Bonchev–Trinajstić information content (AvgIpc) is 3.35. The minimum absolute atomic E-state index is 0.103. The maximum absolute atomic E-state index is 13.0. The Morgan fingerprint density at radius 2 is 1.94 bits per heavy atom. The second-order valence-electron chi connectivity index (χ2n) is 9.84. The van der Waals surface area contributed by atoms with Crippen molar-refractivity contribution >= 4 is 17.7 Å². The van der Waals surface area contributed by atoms with Crippen molar-refractivity contribution in [1.82, 2.24) is 20.9 Å². The minimum Gasteiger partial charge on any atom is -0.322 e. The number of rotatable bonds is 5. The maximum atomic E-state index is 13.0. The number of amides is 3. The molecule has 1 unspecified atom stereocenters. The third kappa shape index (κ3) is 4.01. The number of carbonyl (C=O) groups is 3. The number of carbonyl (C=O) groups excluding carboxylic acids is 3. The van der Waals surface area contributed by atoms with Crippen molar-refractivity contribution in [2.24, 2.45) is 11.3 Å². The summed E-state index contributed by atoms with van der Waals surface area (Å²) < 4.78 is 0. The van der Waals surface area contributed by atoms with Gasteiger partial charge in [0.15, 0.2) is 0 Å². The van der Waals surface area contributed by atoms with Crippen molar-refractivity contribution in [2.75, 3.05) is 19.6 Å². The normalized spacial score (nSPS) is 30.7. The van der Waals surface area contributed by atoms with Gasteiger partial charge in [-0.1, -0.05) is 12.1 Å². The molecule has 3 heterocycles. The van der Waals surface area contributed by atoms with Crippen LogP contribution < -0.4 is 16.0 Å². The third-order valence-corrected chi connectivity index (χ3v) is 7.93. The Balaban J connectivity index is 1.18. The van der Waals surface area contributed by atoms with E-state index in [-0.39, 0.29) is 24.1 Å². The Kier molecular flexibility index (Phi) is 5.56. The molecule has 1 aromatic carbocycles. The van der Waals surface area contributed by atoms with Gasteiger partial charge < -0.3 is 15.5 Å². The van der Waals surface area contributed by atoms with E-state index in [9.17, 15) is 14.4 Å². The monoisotopic (exact) mass is 424 g/mol. The zero-order chi connectivity index (χ0) is 21.4. The fraction of sp³-hybridized carbons (Fsp3) is 0.625. The second-order valence-corrected chi connectivity index (χ2v) is 9.84. The fourth-order valence-electron chi connectivity index (χ4n) is 5.94. The summed E-state index contributed by atoms with van der Waals surface area (Å²) in [6.07, 6.45) is 7.28. The Labute approximate surface area is 183 Å². The van der Waals surface area contributed by atoms with Gasteiger partial charge in [0, 0.05) is 31.6 Å². The van der Waals surface area contributed by atoms with Crippen molar-refractivity contribution < 1.29 is 14.4 Å². The van der Waals surface area contributed by atoms with E-state index in [2.05, 4.69) is 22.0 Å². The molecule has 0 radical (unpaired) electrons. The quantitative estimate of drug-likeness (QED) is 0.626. The van der Waals surface area contributed by atoms with E-state index in [0.29, 0.717) is 23.9 Å². The molecule has 5 rings (SSSR count). The highest BCUT2D eigenvalue weighted by Gasteiger charge is 2.40. The molecule has 7 nitrogen and oxygen atoms in total. The molecule has 166 valence electrons. The number of nitrogens with one attached hydrogen (secondary N) is 3. The maximum Gasteiger partial charge on any atom is 0.255 e. The van der Waals surface area contributed by atoms with Crippen LogP contribution in [0, 0.1) is 11.3 Å². The highest BCUT2D eigenvalue weighted by Crippen LogP contribution is 2.42. The topological polar surface area (TPSA) is 90.5 Å². The molecule has 1 aromatic rings. The van der Waals surface area contributed by atoms with Crippen LogP contribution in [0.1, 0.15) is 66.4 Å². The van der Waals surface area contributed by atoms with Crippen LogP contribution in [0.2, 0.25) is 0 Å². The SMILES string of the molecule is O=C1CCC(N2Cc3c(CNCC4CCC5(CCNC5)CC4)cccc3C2=O)C(=O)N1. The fourth-order valence-corrected chi connectivity index (χ4v) is 5.94. The van der Waals surface area contributed by atoms with Crippen molar-refractivity contribution in [3.05, 3.63) is 34.9 Å². The van der Waals surface area contributed by atoms with E-state index < -0.39 is 6.04 Å². The van der Waals surface area contributed by atoms with Gasteiger partial charge in [-0.15, -0.1) is 0 Å². The average molecular weight is 425 g/mol. The Hall–Kier alpha value is -2.25. The smallest absolute Gasteiger partial charge is 0.255 e. The van der Waals surface area contributed by atoms with Crippen LogP contribution in [0.15, 0.2) is 18.2 Å². The standard InChI is InChI=1S/C24H32N4O3/c29-21-5-4-20(22(30)27-21)28-14-19-17(2-1-3-18(19)23(28)31)13-26-12-16-6-8-24(9-7-16)10-11-25-15-24/h1-3,16,20,25-26H,4-15H2,(H,27,29,30). The van der Waals surface area contributed by atoms with E-state index in [4.69, 9.17) is 0 Å². The lowest BCUT2D eigenvalue weighted by molar-refractivity contribution is -0.136. The molecule has 1 saturated carbocycles. The van der Waals surface area contributed by atoms with Crippen LogP contribution in [0.5, 0.6) is 0 Å². The molecule has 0 bridgehead atoms. The molecule has 1 aliphatic carbocycles. The zero-order valence-electron chi connectivity index (χ0n) is 18.0. The molecule has 1 atom stereocenters. The summed E-state index contributed by atoms with van der Waals surface area (Å²) >= 11 is 0. The van der Waals surface area contributed by atoms with Crippen LogP contribution in [0.3, 0.4) is 0 Å². The summed E-state index contributed by atoms with van der Waals surface area (Å²) in [6, 6.07) is 5.30. The number of nitrogens with zero attached hydrogens (tertiary/aromatic N) is 1. The Bertz CT molecular complexity index is 883. The highest BCUT2D eigenvalue weighted by molar-refractivity contribution is 6.05. The molecular weight excluding hydrogens is 392 g/mol. The van der Waals surface area contributed by atoms with E-state index in [0.717, 1.165) is 30.1 Å². The first-order valence-electron chi connectivity index (χ1n) is 11.7. The Morgan fingerprint density at radius 1 is 1.10 bits per heavy atom. The number of piperidine rings is 1. The van der Waals surface area contributed by atoms with Gasteiger partial charge in [0.25, 0.3) is 5.91 Å². The molecule has 0 aromatic heterocycles. The lowest BCUT2D eigenvalue weighted by atomic mass is 9.70. The van der Waals surface area contributed by atoms with Gasteiger partial charge in [0.1, 0.15) is 6.04 Å². The van der Waals surface area contributed by atoms with Crippen molar-refractivity contribution in [1.29, 1.82) is 0 Å². The predicted molar refractivity (Wildman–Crippen MR) is 116 cm³/mol. The van der Waals surface area contributed by atoms with Crippen LogP contribution in [-0.4, -0.2) is 48.3 Å².